The summed E-state index contributed by atoms with van der Waals surface area (Å²) in [4.78, 5) is 0. The number of rotatable bonds is 0. The minimum absolute atomic E-state index is 0.0395. The highest BCUT2D eigenvalue weighted by Crippen LogP contribution is 2.57. The molecule has 0 aromatic heterocycles. The van der Waals surface area contributed by atoms with E-state index in [9.17, 15) is 0 Å². The SMILES string of the molecule is CC1CCc2c(ccc3c2C(C)(C)c2c-3c3ccccc3c3ccccc23)-c2ccccc21. The second-order valence-electron chi connectivity index (χ2n) is 10.5. The molecule has 5 aromatic rings. The second kappa shape index (κ2) is 6.58. The lowest BCUT2D eigenvalue weighted by Crippen LogP contribution is -2.18. The van der Waals surface area contributed by atoms with Crippen molar-refractivity contribution in [1.29, 1.82) is 0 Å². The first-order valence-corrected chi connectivity index (χ1v) is 12.3. The topological polar surface area (TPSA) is 0 Å². The van der Waals surface area contributed by atoms with Crippen LogP contribution in [0.5, 0.6) is 0 Å². The molecule has 5 aromatic carbocycles. The molecule has 33 heavy (non-hydrogen) atoms. The summed E-state index contributed by atoms with van der Waals surface area (Å²) < 4.78 is 0. The van der Waals surface area contributed by atoms with E-state index >= 15 is 0 Å². The summed E-state index contributed by atoms with van der Waals surface area (Å²) in [5.41, 5.74) is 11.9. The number of fused-ring (bicyclic) bond motifs is 12. The van der Waals surface area contributed by atoms with Crippen molar-refractivity contribution in [1.82, 2.24) is 0 Å². The molecule has 0 heterocycles. The van der Waals surface area contributed by atoms with Gasteiger partial charge in [-0.1, -0.05) is 106 Å². The van der Waals surface area contributed by atoms with Gasteiger partial charge in [0.1, 0.15) is 0 Å². The molecular weight excluding hydrogens is 396 g/mol. The Hall–Kier alpha value is -3.38. The minimum atomic E-state index is -0.0395. The van der Waals surface area contributed by atoms with Crippen LogP contribution >= 0.6 is 0 Å². The van der Waals surface area contributed by atoms with Crippen LogP contribution in [0, 0.1) is 0 Å². The van der Waals surface area contributed by atoms with E-state index in [1.54, 1.807) is 11.1 Å². The van der Waals surface area contributed by atoms with E-state index in [0.717, 1.165) is 6.42 Å². The fourth-order valence-electron chi connectivity index (χ4n) is 6.97. The molecule has 0 bridgehead atoms. The highest BCUT2D eigenvalue weighted by atomic mass is 14.4. The fraction of sp³-hybridized carbons (Fsp3) is 0.212. The van der Waals surface area contributed by atoms with Crippen LogP contribution in [-0.2, 0) is 11.8 Å². The van der Waals surface area contributed by atoms with Gasteiger partial charge in [-0.2, -0.15) is 0 Å². The average Bonchev–Trinajstić information content (AvgIpc) is 3.00. The summed E-state index contributed by atoms with van der Waals surface area (Å²) in [5, 5.41) is 5.53. The monoisotopic (exact) mass is 424 g/mol. The van der Waals surface area contributed by atoms with Gasteiger partial charge in [0.05, 0.1) is 0 Å². The predicted molar refractivity (Wildman–Crippen MR) is 141 cm³/mol. The molecule has 0 saturated heterocycles. The fourth-order valence-corrected chi connectivity index (χ4v) is 6.97. The molecule has 0 spiro atoms. The van der Waals surface area contributed by atoms with Gasteiger partial charge in [0.25, 0.3) is 0 Å². The summed E-state index contributed by atoms with van der Waals surface area (Å²) in [5.74, 6) is 0.581. The van der Waals surface area contributed by atoms with Crippen molar-refractivity contribution in [3.63, 3.8) is 0 Å². The van der Waals surface area contributed by atoms with Crippen LogP contribution in [0.3, 0.4) is 0 Å². The van der Waals surface area contributed by atoms with Crippen molar-refractivity contribution in [3.8, 4) is 22.3 Å². The molecule has 0 radical (unpaired) electrons. The summed E-state index contributed by atoms with van der Waals surface area (Å²) in [6.45, 7) is 7.31. The second-order valence-corrected chi connectivity index (χ2v) is 10.5. The van der Waals surface area contributed by atoms with Crippen LogP contribution in [0.25, 0.3) is 43.8 Å². The Morgan fingerprint density at radius 1 is 0.606 bits per heavy atom. The van der Waals surface area contributed by atoms with Gasteiger partial charge in [-0.05, 0) is 84.8 Å². The van der Waals surface area contributed by atoms with Gasteiger partial charge < -0.3 is 0 Å². The van der Waals surface area contributed by atoms with Crippen molar-refractivity contribution >= 4 is 21.5 Å². The molecule has 0 nitrogen and oxygen atoms in total. The molecule has 0 fully saturated rings. The Kier molecular flexibility index (Phi) is 3.81. The largest absolute Gasteiger partial charge is 0.0619 e. The third-order valence-corrected chi connectivity index (χ3v) is 8.37. The van der Waals surface area contributed by atoms with Crippen LogP contribution in [0.1, 0.15) is 55.4 Å². The molecular formula is C33H28. The van der Waals surface area contributed by atoms with E-state index in [1.807, 2.05) is 0 Å². The van der Waals surface area contributed by atoms with Crippen LogP contribution in [0.15, 0.2) is 84.9 Å². The van der Waals surface area contributed by atoms with Gasteiger partial charge in [0.2, 0.25) is 0 Å². The number of benzene rings is 5. The lowest BCUT2D eigenvalue weighted by atomic mass is 9.76. The van der Waals surface area contributed by atoms with Crippen LogP contribution in [0.2, 0.25) is 0 Å². The molecule has 0 N–H and O–H groups in total. The normalized spacial score (nSPS) is 17.8. The number of hydrogen-bond donors (Lipinski definition) is 0. The van der Waals surface area contributed by atoms with Gasteiger partial charge in [-0.15, -0.1) is 0 Å². The number of hydrogen-bond acceptors (Lipinski definition) is 0. The maximum absolute atomic E-state index is 2.46. The Balaban J connectivity index is 1.64. The zero-order valence-electron chi connectivity index (χ0n) is 19.6. The Morgan fingerprint density at radius 2 is 1.21 bits per heavy atom. The maximum Gasteiger partial charge on any atom is 0.0168 e. The van der Waals surface area contributed by atoms with E-state index in [1.165, 1.54) is 61.3 Å². The molecule has 0 amide bonds. The summed E-state index contributed by atoms with van der Waals surface area (Å²) in [6, 6.07) is 31.9. The third kappa shape index (κ3) is 2.42. The molecule has 1 unspecified atom stereocenters. The molecule has 0 heteroatoms. The van der Waals surface area contributed by atoms with Crippen molar-refractivity contribution < 1.29 is 0 Å². The summed E-state index contributed by atoms with van der Waals surface area (Å²) >= 11 is 0. The predicted octanol–water partition coefficient (Wildman–Crippen LogP) is 9.02. The molecule has 2 aliphatic rings. The standard InChI is InChI=1S/C33H28/c1-20-16-17-28-25(22-11-5-4-10-21(20)22)18-19-29-30-26-14-8-6-12-23(26)24-13-7-9-15-27(24)32(30)33(2,3)31(28)29/h4-15,18-20H,16-17H2,1-3H3. The first-order valence-electron chi connectivity index (χ1n) is 12.3. The lowest BCUT2D eigenvalue weighted by molar-refractivity contribution is 0.640. The lowest BCUT2D eigenvalue weighted by Gasteiger charge is -2.27. The smallest absolute Gasteiger partial charge is 0.0168 e. The molecule has 7 rings (SSSR count). The zero-order chi connectivity index (χ0) is 22.3. The Bertz CT molecular complexity index is 1600. The molecule has 160 valence electrons. The summed E-state index contributed by atoms with van der Waals surface area (Å²) in [7, 11) is 0. The van der Waals surface area contributed by atoms with Crippen LogP contribution in [0.4, 0.5) is 0 Å². The van der Waals surface area contributed by atoms with Gasteiger partial charge in [0.15, 0.2) is 0 Å². The minimum Gasteiger partial charge on any atom is -0.0619 e. The molecule has 2 aliphatic carbocycles. The van der Waals surface area contributed by atoms with Crippen LogP contribution < -0.4 is 0 Å². The van der Waals surface area contributed by atoms with Crippen molar-refractivity contribution in [3.05, 3.63) is 107 Å². The third-order valence-electron chi connectivity index (χ3n) is 8.37. The van der Waals surface area contributed by atoms with Crippen molar-refractivity contribution in [2.75, 3.05) is 0 Å². The molecule has 0 aliphatic heterocycles. The average molecular weight is 425 g/mol. The van der Waals surface area contributed by atoms with E-state index in [4.69, 9.17) is 0 Å². The first-order chi connectivity index (χ1) is 16.1. The zero-order valence-corrected chi connectivity index (χ0v) is 19.6. The van der Waals surface area contributed by atoms with E-state index in [2.05, 4.69) is 106 Å². The van der Waals surface area contributed by atoms with Gasteiger partial charge in [0, 0.05) is 5.41 Å². The van der Waals surface area contributed by atoms with E-state index < -0.39 is 0 Å². The molecule has 1 atom stereocenters. The van der Waals surface area contributed by atoms with Crippen molar-refractivity contribution in [2.45, 2.75) is 44.9 Å². The maximum atomic E-state index is 2.46. The highest BCUT2D eigenvalue weighted by Gasteiger charge is 2.41. The van der Waals surface area contributed by atoms with E-state index in [-0.39, 0.29) is 5.41 Å². The summed E-state index contributed by atoms with van der Waals surface area (Å²) in [6.07, 6.45) is 2.34. The quantitative estimate of drug-likeness (QED) is 0.218. The first kappa shape index (κ1) is 19.1. The van der Waals surface area contributed by atoms with Gasteiger partial charge in [-0.3, -0.25) is 0 Å². The van der Waals surface area contributed by atoms with Crippen molar-refractivity contribution in [2.24, 2.45) is 0 Å². The van der Waals surface area contributed by atoms with Crippen LogP contribution in [-0.4, -0.2) is 0 Å². The Labute approximate surface area is 195 Å². The van der Waals surface area contributed by atoms with Gasteiger partial charge in [-0.25, -0.2) is 0 Å². The van der Waals surface area contributed by atoms with Gasteiger partial charge >= 0.3 is 0 Å². The van der Waals surface area contributed by atoms with E-state index in [0.29, 0.717) is 5.92 Å². The highest BCUT2D eigenvalue weighted by molar-refractivity contribution is 6.18. The Morgan fingerprint density at radius 3 is 2.00 bits per heavy atom. The molecule has 0 saturated carbocycles.